The summed E-state index contributed by atoms with van der Waals surface area (Å²) >= 11 is 0. The predicted octanol–water partition coefficient (Wildman–Crippen LogP) is 0.493. The standard InChI is InChI=1S/C11H24N2O2S/c1-10(8-16(4,14)15)13-7-5-6-12-11(2,3)9-13/h10,12H,5-9H2,1-4H3. The molecule has 0 aliphatic carbocycles. The summed E-state index contributed by atoms with van der Waals surface area (Å²) in [6.45, 7) is 9.23. The van der Waals surface area contributed by atoms with E-state index in [0.717, 1.165) is 26.1 Å². The Labute approximate surface area is 99.3 Å². The third-order valence-electron chi connectivity index (χ3n) is 2.99. The molecule has 5 heteroatoms. The average molecular weight is 248 g/mol. The SMILES string of the molecule is CC(CS(C)(=O)=O)N1CCCNC(C)(C)C1. The molecule has 1 rings (SSSR count). The molecule has 0 bridgehead atoms. The molecule has 1 aliphatic heterocycles. The minimum Gasteiger partial charge on any atom is -0.310 e. The summed E-state index contributed by atoms with van der Waals surface area (Å²) < 4.78 is 22.6. The lowest BCUT2D eigenvalue weighted by Gasteiger charge is -2.33. The van der Waals surface area contributed by atoms with Gasteiger partial charge in [0.1, 0.15) is 9.84 Å². The third kappa shape index (κ3) is 4.80. The topological polar surface area (TPSA) is 49.4 Å². The van der Waals surface area contributed by atoms with Crippen molar-refractivity contribution in [3.8, 4) is 0 Å². The Hall–Kier alpha value is -0.130. The zero-order valence-electron chi connectivity index (χ0n) is 10.8. The van der Waals surface area contributed by atoms with Crippen molar-refractivity contribution in [2.45, 2.75) is 38.8 Å². The first-order chi connectivity index (χ1) is 7.20. The van der Waals surface area contributed by atoms with Crippen LogP contribution in [0, 0.1) is 0 Å². The van der Waals surface area contributed by atoms with E-state index in [1.165, 1.54) is 6.26 Å². The molecule has 0 aromatic heterocycles. The lowest BCUT2D eigenvalue weighted by molar-refractivity contribution is 0.191. The van der Waals surface area contributed by atoms with Crippen LogP contribution in [-0.2, 0) is 9.84 Å². The first kappa shape index (κ1) is 13.9. The molecule has 16 heavy (non-hydrogen) atoms. The second-order valence-electron chi connectivity index (χ2n) is 5.58. The van der Waals surface area contributed by atoms with Gasteiger partial charge in [0.15, 0.2) is 0 Å². The highest BCUT2D eigenvalue weighted by molar-refractivity contribution is 7.90. The van der Waals surface area contributed by atoms with Gasteiger partial charge in [-0.15, -0.1) is 0 Å². The van der Waals surface area contributed by atoms with Gasteiger partial charge in [0.05, 0.1) is 5.75 Å². The molecule has 96 valence electrons. The summed E-state index contributed by atoms with van der Waals surface area (Å²) in [5, 5.41) is 3.48. The van der Waals surface area contributed by atoms with Crippen molar-refractivity contribution in [2.75, 3.05) is 31.6 Å². The van der Waals surface area contributed by atoms with E-state index in [0.29, 0.717) is 0 Å². The molecule has 1 N–H and O–H groups in total. The quantitative estimate of drug-likeness (QED) is 0.790. The van der Waals surface area contributed by atoms with Gasteiger partial charge in [-0.1, -0.05) is 0 Å². The molecule has 1 unspecified atom stereocenters. The van der Waals surface area contributed by atoms with Gasteiger partial charge in [0, 0.05) is 24.4 Å². The number of nitrogens with one attached hydrogen (secondary N) is 1. The van der Waals surface area contributed by atoms with Gasteiger partial charge in [-0.3, -0.25) is 4.90 Å². The Morgan fingerprint density at radius 3 is 2.62 bits per heavy atom. The molecule has 1 atom stereocenters. The smallest absolute Gasteiger partial charge is 0.148 e. The van der Waals surface area contributed by atoms with Crippen molar-refractivity contribution in [2.24, 2.45) is 0 Å². The maximum Gasteiger partial charge on any atom is 0.148 e. The van der Waals surface area contributed by atoms with E-state index in [1.807, 2.05) is 6.92 Å². The second-order valence-corrected chi connectivity index (χ2v) is 7.76. The van der Waals surface area contributed by atoms with Gasteiger partial charge >= 0.3 is 0 Å². The Kier molecular flexibility index (Phi) is 4.37. The van der Waals surface area contributed by atoms with E-state index in [9.17, 15) is 8.42 Å². The van der Waals surface area contributed by atoms with E-state index in [-0.39, 0.29) is 17.3 Å². The van der Waals surface area contributed by atoms with Gasteiger partial charge in [0.2, 0.25) is 0 Å². The molecule has 0 amide bonds. The van der Waals surface area contributed by atoms with Crippen LogP contribution in [0.5, 0.6) is 0 Å². The number of sulfone groups is 1. The fourth-order valence-electron chi connectivity index (χ4n) is 2.27. The number of hydrogen-bond acceptors (Lipinski definition) is 4. The maximum atomic E-state index is 11.3. The molecule has 0 saturated carbocycles. The number of nitrogens with zero attached hydrogens (tertiary/aromatic N) is 1. The number of hydrogen-bond donors (Lipinski definition) is 1. The van der Waals surface area contributed by atoms with Crippen LogP contribution in [0.15, 0.2) is 0 Å². The molecule has 0 aromatic carbocycles. The highest BCUT2D eigenvalue weighted by Gasteiger charge is 2.27. The van der Waals surface area contributed by atoms with Crippen molar-refractivity contribution >= 4 is 9.84 Å². The van der Waals surface area contributed by atoms with Gasteiger partial charge in [0.25, 0.3) is 0 Å². The van der Waals surface area contributed by atoms with Crippen LogP contribution in [0.1, 0.15) is 27.2 Å². The van der Waals surface area contributed by atoms with Crippen LogP contribution in [0.25, 0.3) is 0 Å². The zero-order valence-corrected chi connectivity index (χ0v) is 11.6. The van der Waals surface area contributed by atoms with Gasteiger partial charge in [-0.2, -0.15) is 0 Å². The highest BCUT2D eigenvalue weighted by Crippen LogP contribution is 2.14. The summed E-state index contributed by atoms with van der Waals surface area (Å²) in [5.74, 6) is 0.253. The van der Waals surface area contributed by atoms with Gasteiger partial charge in [-0.05, 0) is 40.3 Å². The molecule has 1 saturated heterocycles. The minimum absolute atomic E-state index is 0.0717. The van der Waals surface area contributed by atoms with E-state index >= 15 is 0 Å². The fourth-order valence-corrected chi connectivity index (χ4v) is 3.36. The van der Waals surface area contributed by atoms with E-state index in [2.05, 4.69) is 24.1 Å². The molecule has 1 aliphatic rings. The minimum atomic E-state index is -2.88. The number of rotatable bonds is 3. The van der Waals surface area contributed by atoms with Crippen molar-refractivity contribution in [1.29, 1.82) is 0 Å². The highest BCUT2D eigenvalue weighted by atomic mass is 32.2. The Morgan fingerprint density at radius 1 is 1.44 bits per heavy atom. The summed E-state index contributed by atoms with van der Waals surface area (Å²) in [6, 6.07) is 0.106. The Bertz CT molecular complexity index is 325. The molecule has 1 heterocycles. The Morgan fingerprint density at radius 2 is 2.06 bits per heavy atom. The maximum absolute atomic E-state index is 11.3. The van der Waals surface area contributed by atoms with Crippen molar-refractivity contribution in [3.05, 3.63) is 0 Å². The molecular weight excluding hydrogens is 224 g/mol. The lowest BCUT2D eigenvalue weighted by Crippen LogP contribution is -2.49. The second kappa shape index (κ2) is 5.02. The first-order valence-electron chi connectivity index (χ1n) is 5.86. The first-order valence-corrected chi connectivity index (χ1v) is 7.92. The zero-order chi connectivity index (χ0) is 12.4. The van der Waals surface area contributed by atoms with Crippen LogP contribution < -0.4 is 5.32 Å². The van der Waals surface area contributed by atoms with Crippen LogP contribution in [-0.4, -0.2) is 56.5 Å². The van der Waals surface area contributed by atoms with Crippen molar-refractivity contribution < 1.29 is 8.42 Å². The summed E-state index contributed by atoms with van der Waals surface area (Å²) in [5.41, 5.74) is 0.0717. The monoisotopic (exact) mass is 248 g/mol. The predicted molar refractivity (Wildman–Crippen MR) is 67.4 cm³/mol. The van der Waals surface area contributed by atoms with Crippen molar-refractivity contribution in [3.63, 3.8) is 0 Å². The van der Waals surface area contributed by atoms with E-state index in [1.54, 1.807) is 0 Å². The molecule has 0 spiro atoms. The molecule has 0 radical (unpaired) electrons. The molecule has 0 aromatic rings. The van der Waals surface area contributed by atoms with Gasteiger partial charge < -0.3 is 5.32 Å². The van der Waals surface area contributed by atoms with E-state index < -0.39 is 9.84 Å². The van der Waals surface area contributed by atoms with E-state index in [4.69, 9.17) is 0 Å². The summed E-state index contributed by atoms with van der Waals surface area (Å²) in [6.07, 6.45) is 2.39. The van der Waals surface area contributed by atoms with Crippen molar-refractivity contribution in [1.82, 2.24) is 10.2 Å². The lowest BCUT2D eigenvalue weighted by atomic mass is 10.1. The van der Waals surface area contributed by atoms with Gasteiger partial charge in [-0.25, -0.2) is 8.42 Å². The van der Waals surface area contributed by atoms with Crippen LogP contribution in [0.3, 0.4) is 0 Å². The van der Waals surface area contributed by atoms with Crippen LogP contribution in [0.4, 0.5) is 0 Å². The molecular formula is C11H24N2O2S. The fraction of sp³-hybridized carbons (Fsp3) is 1.00. The van der Waals surface area contributed by atoms with Crippen LogP contribution in [0.2, 0.25) is 0 Å². The largest absolute Gasteiger partial charge is 0.310 e. The summed E-state index contributed by atoms with van der Waals surface area (Å²) in [4.78, 5) is 2.28. The Balaban J connectivity index is 2.64. The third-order valence-corrected chi connectivity index (χ3v) is 4.08. The molecule has 1 fully saturated rings. The average Bonchev–Trinajstić information content (AvgIpc) is 2.23. The summed E-state index contributed by atoms with van der Waals surface area (Å²) in [7, 11) is -2.88. The normalized spacial score (nSPS) is 25.0. The molecule has 4 nitrogen and oxygen atoms in total. The van der Waals surface area contributed by atoms with Crippen LogP contribution >= 0.6 is 0 Å².